The van der Waals surface area contributed by atoms with Gasteiger partial charge in [0.05, 0.1) is 11.3 Å². The lowest BCUT2D eigenvalue weighted by Crippen LogP contribution is -2.25. The molecule has 3 aromatic rings. The molecule has 0 aliphatic carbocycles. The van der Waals surface area contributed by atoms with Crippen molar-refractivity contribution in [3.8, 4) is 0 Å². The van der Waals surface area contributed by atoms with E-state index in [9.17, 15) is 13.2 Å². The summed E-state index contributed by atoms with van der Waals surface area (Å²) in [7, 11) is -3.93. The van der Waals surface area contributed by atoms with E-state index in [4.69, 9.17) is 11.6 Å². The fourth-order valence-electron chi connectivity index (χ4n) is 2.55. The zero-order valence-corrected chi connectivity index (χ0v) is 16.4. The van der Waals surface area contributed by atoms with E-state index >= 15 is 0 Å². The van der Waals surface area contributed by atoms with Crippen molar-refractivity contribution < 1.29 is 13.2 Å². The Morgan fingerprint density at radius 3 is 2.64 bits per heavy atom. The molecule has 1 amide bonds. The first-order valence-corrected chi connectivity index (χ1v) is 10.4. The molecular weight excluding hydrogens is 400 g/mol. The zero-order chi connectivity index (χ0) is 20.0. The van der Waals surface area contributed by atoms with Crippen LogP contribution in [-0.2, 0) is 16.6 Å². The lowest BCUT2D eigenvalue weighted by Gasteiger charge is -2.11. The summed E-state index contributed by atoms with van der Waals surface area (Å²) in [6.07, 6.45) is 5.96. The number of nitrogens with one attached hydrogen (secondary N) is 2. The minimum absolute atomic E-state index is 0.0417. The van der Waals surface area contributed by atoms with Crippen molar-refractivity contribution in [1.29, 1.82) is 0 Å². The number of aromatic nitrogens is 2. The summed E-state index contributed by atoms with van der Waals surface area (Å²) in [4.78, 5) is 16.2. The third-order valence-electron chi connectivity index (χ3n) is 3.95. The van der Waals surface area contributed by atoms with Gasteiger partial charge in [0.15, 0.2) is 0 Å². The van der Waals surface area contributed by atoms with Gasteiger partial charge in [-0.3, -0.25) is 9.52 Å². The van der Waals surface area contributed by atoms with Crippen LogP contribution in [0.3, 0.4) is 0 Å². The van der Waals surface area contributed by atoms with Gasteiger partial charge >= 0.3 is 0 Å². The number of imidazole rings is 1. The van der Waals surface area contributed by atoms with E-state index in [0.717, 1.165) is 13.0 Å². The highest BCUT2D eigenvalue weighted by atomic mass is 35.5. The summed E-state index contributed by atoms with van der Waals surface area (Å²) in [5.41, 5.74) is 0.633. The lowest BCUT2D eigenvalue weighted by atomic mass is 10.2. The van der Waals surface area contributed by atoms with E-state index in [1.165, 1.54) is 18.2 Å². The lowest BCUT2D eigenvalue weighted by molar-refractivity contribution is 0.0952. The highest BCUT2D eigenvalue weighted by molar-refractivity contribution is 7.92. The number of nitrogens with zero attached hydrogens (tertiary/aromatic N) is 2. The zero-order valence-electron chi connectivity index (χ0n) is 14.9. The Morgan fingerprint density at radius 1 is 1.14 bits per heavy atom. The third kappa shape index (κ3) is 5.11. The quantitative estimate of drug-likeness (QED) is 0.549. The second kappa shape index (κ2) is 8.90. The van der Waals surface area contributed by atoms with Crippen molar-refractivity contribution in [2.45, 2.75) is 17.9 Å². The highest BCUT2D eigenvalue weighted by Gasteiger charge is 2.20. The molecule has 0 unspecified atom stereocenters. The number of hydrogen-bond donors (Lipinski definition) is 2. The van der Waals surface area contributed by atoms with Crippen LogP contribution in [0.2, 0.25) is 5.02 Å². The van der Waals surface area contributed by atoms with Gasteiger partial charge in [-0.05, 0) is 36.8 Å². The molecule has 2 aromatic carbocycles. The maximum atomic E-state index is 12.7. The molecular formula is C19H19ClN4O3S. The van der Waals surface area contributed by atoms with Crippen LogP contribution in [0.4, 0.5) is 5.69 Å². The Morgan fingerprint density at radius 2 is 1.93 bits per heavy atom. The molecule has 2 N–H and O–H groups in total. The van der Waals surface area contributed by atoms with E-state index in [0.29, 0.717) is 12.2 Å². The van der Waals surface area contributed by atoms with Crippen molar-refractivity contribution in [1.82, 2.24) is 14.9 Å². The SMILES string of the molecule is O=C(NCCCn1ccnc1)c1ccc(Cl)c(S(=O)(=O)Nc2ccccc2)c1. The smallest absolute Gasteiger partial charge is 0.263 e. The van der Waals surface area contributed by atoms with Gasteiger partial charge in [0.25, 0.3) is 15.9 Å². The van der Waals surface area contributed by atoms with E-state index in [-0.39, 0.29) is 21.4 Å². The second-order valence-corrected chi connectivity index (χ2v) is 8.08. The van der Waals surface area contributed by atoms with Crippen LogP contribution in [0.25, 0.3) is 0 Å². The van der Waals surface area contributed by atoms with Gasteiger partial charge < -0.3 is 9.88 Å². The van der Waals surface area contributed by atoms with Crippen LogP contribution < -0.4 is 10.0 Å². The van der Waals surface area contributed by atoms with Crippen LogP contribution in [0.5, 0.6) is 0 Å². The summed E-state index contributed by atoms with van der Waals surface area (Å²) in [5.74, 6) is -0.363. The van der Waals surface area contributed by atoms with Gasteiger partial charge in [-0.2, -0.15) is 0 Å². The number of anilines is 1. The topological polar surface area (TPSA) is 93.1 Å². The van der Waals surface area contributed by atoms with E-state index < -0.39 is 10.0 Å². The molecule has 1 heterocycles. The summed E-state index contributed by atoms with van der Waals surface area (Å²) in [5, 5.41) is 2.82. The van der Waals surface area contributed by atoms with Gasteiger partial charge in [0, 0.05) is 36.7 Å². The molecule has 28 heavy (non-hydrogen) atoms. The molecule has 0 bridgehead atoms. The predicted octanol–water partition coefficient (Wildman–Crippen LogP) is 3.16. The summed E-state index contributed by atoms with van der Waals surface area (Å²) in [6.45, 7) is 1.17. The Labute approximate surface area is 168 Å². The van der Waals surface area contributed by atoms with Crippen LogP contribution in [-0.4, -0.2) is 30.4 Å². The Bertz CT molecular complexity index is 1040. The molecule has 0 saturated carbocycles. The molecule has 146 valence electrons. The molecule has 3 rings (SSSR count). The van der Waals surface area contributed by atoms with E-state index in [1.807, 2.05) is 10.8 Å². The largest absolute Gasteiger partial charge is 0.352 e. The number of benzene rings is 2. The fraction of sp³-hybridized carbons (Fsp3) is 0.158. The Hall–Kier alpha value is -2.84. The van der Waals surface area contributed by atoms with Gasteiger partial charge in [-0.1, -0.05) is 29.8 Å². The van der Waals surface area contributed by atoms with Gasteiger partial charge in [0.2, 0.25) is 0 Å². The molecule has 0 atom stereocenters. The molecule has 1 aromatic heterocycles. The molecule has 0 fully saturated rings. The predicted molar refractivity (Wildman–Crippen MR) is 108 cm³/mol. The van der Waals surface area contributed by atoms with Crippen LogP contribution in [0.15, 0.2) is 72.1 Å². The first-order valence-electron chi connectivity index (χ1n) is 8.57. The minimum Gasteiger partial charge on any atom is -0.352 e. The number of carbonyl (C=O) groups is 1. The highest BCUT2D eigenvalue weighted by Crippen LogP contribution is 2.25. The minimum atomic E-state index is -3.93. The molecule has 0 saturated heterocycles. The average molecular weight is 419 g/mol. The van der Waals surface area contributed by atoms with Crippen LogP contribution >= 0.6 is 11.6 Å². The monoisotopic (exact) mass is 418 g/mol. The fourth-order valence-corrected chi connectivity index (χ4v) is 4.14. The molecule has 7 nitrogen and oxygen atoms in total. The van der Waals surface area contributed by atoms with Gasteiger partial charge in [0.1, 0.15) is 4.90 Å². The number of sulfonamides is 1. The Balaban J connectivity index is 1.67. The van der Waals surface area contributed by atoms with Crippen molar-refractivity contribution in [3.05, 3.63) is 77.8 Å². The van der Waals surface area contributed by atoms with Crippen molar-refractivity contribution in [2.75, 3.05) is 11.3 Å². The number of para-hydroxylation sites is 1. The normalized spacial score (nSPS) is 11.2. The standard InChI is InChI=1S/C19H19ClN4O3S/c20-17-8-7-15(19(25)22-9-4-11-24-12-10-21-14-24)13-18(17)28(26,27)23-16-5-2-1-3-6-16/h1-3,5-8,10,12-14,23H,4,9,11H2,(H,22,25). The maximum Gasteiger partial charge on any atom is 0.263 e. The van der Waals surface area contributed by atoms with Crippen LogP contribution in [0.1, 0.15) is 16.8 Å². The first kappa shape index (κ1) is 19.9. The first-order chi connectivity index (χ1) is 13.5. The van der Waals surface area contributed by atoms with Gasteiger partial charge in [-0.25, -0.2) is 13.4 Å². The number of rotatable bonds is 8. The van der Waals surface area contributed by atoms with Crippen molar-refractivity contribution in [2.24, 2.45) is 0 Å². The van der Waals surface area contributed by atoms with E-state index in [1.54, 1.807) is 42.9 Å². The summed E-state index contributed by atoms with van der Waals surface area (Å²) < 4.78 is 29.7. The number of amides is 1. The molecule has 0 aliphatic heterocycles. The van der Waals surface area contributed by atoms with Crippen molar-refractivity contribution in [3.63, 3.8) is 0 Å². The number of hydrogen-bond acceptors (Lipinski definition) is 4. The van der Waals surface area contributed by atoms with Gasteiger partial charge in [-0.15, -0.1) is 0 Å². The summed E-state index contributed by atoms with van der Waals surface area (Å²) >= 11 is 6.08. The summed E-state index contributed by atoms with van der Waals surface area (Å²) in [6, 6.07) is 12.6. The van der Waals surface area contributed by atoms with Crippen LogP contribution in [0, 0.1) is 0 Å². The number of aryl methyl sites for hydroxylation is 1. The second-order valence-electron chi connectivity index (χ2n) is 6.03. The average Bonchev–Trinajstić information content (AvgIpc) is 3.19. The molecule has 0 radical (unpaired) electrons. The van der Waals surface area contributed by atoms with E-state index in [2.05, 4.69) is 15.0 Å². The molecule has 0 spiro atoms. The Kier molecular flexibility index (Phi) is 6.33. The number of halogens is 1. The number of carbonyl (C=O) groups excluding carboxylic acids is 1. The van der Waals surface area contributed by atoms with Crippen molar-refractivity contribution >= 4 is 33.2 Å². The molecule has 9 heteroatoms. The molecule has 0 aliphatic rings. The maximum absolute atomic E-state index is 12.7. The third-order valence-corrected chi connectivity index (χ3v) is 5.81.